The largest absolute Gasteiger partial charge is 0.490 e. The van der Waals surface area contributed by atoms with Gasteiger partial charge in [-0.25, -0.2) is 0 Å². The van der Waals surface area contributed by atoms with Gasteiger partial charge in [-0.05, 0) is 31.5 Å². The molecule has 3 heterocycles. The first-order valence-electron chi connectivity index (χ1n) is 10.4. The van der Waals surface area contributed by atoms with Crippen molar-refractivity contribution in [3.05, 3.63) is 46.5 Å². The first-order valence-corrected chi connectivity index (χ1v) is 10.4. The number of allylic oxidation sites excluding steroid dienone is 1. The van der Waals surface area contributed by atoms with Crippen LogP contribution in [0, 0.1) is 18.3 Å². The Balaban J connectivity index is 1.62. The summed E-state index contributed by atoms with van der Waals surface area (Å²) in [6.45, 7) is 6.20. The summed E-state index contributed by atoms with van der Waals surface area (Å²) >= 11 is 0. The number of carbonyl (C=O) groups is 1. The number of ether oxygens (including phenoxy) is 4. The van der Waals surface area contributed by atoms with Crippen molar-refractivity contribution in [2.24, 2.45) is 5.73 Å². The van der Waals surface area contributed by atoms with Gasteiger partial charge in [-0.2, -0.15) is 5.26 Å². The first kappa shape index (κ1) is 21.5. The number of benzene rings is 1. The molecule has 2 aliphatic rings. The van der Waals surface area contributed by atoms with Crippen LogP contribution in [0.3, 0.4) is 0 Å². The van der Waals surface area contributed by atoms with E-state index in [-0.39, 0.29) is 18.4 Å². The van der Waals surface area contributed by atoms with Gasteiger partial charge in [-0.3, -0.25) is 9.89 Å². The number of morpholine rings is 1. The van der Waals surface area contributed by atoms with Crippen molar-refractivity contribution in [2.45, 2.75) is 19.8 Å². The molecule has 2 aromatic rings. The fourth-order valence-electron chi connectivity index (χ4n) is 3.87. The van der Waals surface area contributed by atoms with E-state index in [0.717, 1.165) is 16.8 Å². The van der Waals surface area contributed by atoms with Gasteiger partial charge in [0.05, 0.1) is 25.7 Å². The highest BCUT2D eigenvalue weighted by atomic mass is 16.5. The summed E-state index contributed by atoms with van der Waals surface area (Å²) in [4.78, 5) is 14.2. The van der Waals surface area contributed by atoms with Crippen LogP contribution in [0.4, 0.5) is 0 Å². The number of fused-ring (bicyclic) bond motifs is 1. The second kappa shape index (κ2) is 9.20. The summed E-state index contributed by atoms with van der Waals surface area (Å²) in [5.74, 6) is 0.717. The fourth-order valence-corrected chi connectivity index (χ4v) is 3.87. The molecular formula is C22H25N5O5. The molecule has 1 saturated heterocycles. The number of nitriles is 1. The fraction of sp³-hybridized carbons (Fsp3) is 0.409. The number of hydrogen-bond donors (Lipinski definition) is 2. The molecule has 0 aliphatic carbocycles. The molecule has 1 fully saturated rings. The van der Waals surface area contributed by atoms with Crippen molar-refractivity contribution >= 4 is 5.91 Å². The van der Waals surface area contributed by atoms with Crippen LogP contribution in [0.5, 0.6) is 17.4 Å². The number of amides is 1. The lowest BCUT2D eigenvalue weighted by Crippen LogP contribution is -2.43. The van der Waals surface area contributed by atoms with E-state index < -0.39 is 5.92 Å². The number of rotatable bonds is 6. The Bertz CT molecular complexity index is 1080. The summed E-state index contributed by atoms with van der Waals surface area (Å²) in [7, 11) is 0. The second-order valence-corrected chi connectivity index (χ2v) is 7.41. The lowest BCUT2D eigenvalue weighted by molar-refractivity contribution is -0.137. The number of nitrogens with two attached hydrogens (primary N) is 1. The predicted octanol–water partition coefficient (Wildman–Crippen LogP) is 1.57. The van der Waals surface area contributed by atoms with E-state index >= 15 is 0 Å². The van der Waals surface area contributed by atoms with E-state index in [9.17, 15) is 10.1 Å². The molecule has 0 bridgehead atoms. The number of nitrogens with one attached hydrogen (secondary N) is 1. The number of H-pyrrole nitrogens is 1. The summed E-state index contributed by atoms with van der Waals surface area (Å²) in [6.07, 6.45) is 0. The third kappa shape index (κ3) is 4.07. The molecule has 4 rings (SSSR count). The van der Waals surface area contributed by atoms with Crippen molar-refractivity contribution in [1.82, 2.24) is 15.1 Å². The van der Waals surface area contributed by atoms with Crippen LogP contribution in [0.15, 0.2) is 29.7 Å². The Labute approximate surface area is 185 Å². The van der Waals surface area contributed by atoms with Crippen molar-refractivity contribution in [3.8, 4) is 23.4 Å². The molecule has 0 radical (unpaired) electrons. The maximum atomic E-state index is 12.4. The van der Waals surface area contributed by atoms with Crippen molar-refractivity contribution in [1.29, 1.82) is 5.26 Å². The lowest BCUT2D eigenvalue weighted by Gasteiger charge is -2.27. The van der Waals surface area contributed by atoms with Gasteiger partial charge >= 0.3 is 0 Å². The molecule has 3 N–H and O–H groups in total. The zero-order chi connectivity index (χ0) is 22.7. The Hall–Kier alpha value is -3.71. The molecule has 1 aromatic carbocycles. The number of hydrogen-bond acceptors (Lipinski definition) is 8. The molecule has 1 atom stereocenters. The van der Waals surface area contributed by atoms with Crippen LogP contribution in [-0.4, -0.2) is 60.5 Å². The van der Waals surface area contributed by atoms with Crippen LogP contribution in [0.2, 0.25) is 0 Å². The van der Waals surface area contributed by atoms with Gasteiger partial charge in [-0.15, -0.1) is 5.10 Å². The minimum Gasteiger partial charge on any atom is -0.490 e. The molecule has 0 spiro atoms. The summed E-state index contributed by atoms with van der Waals surface area (Å²) in [6, 6.07) is 7.52. The topological polar surface area (TPSA) is 136 Å². The molecule has 1 aromatic heterocycles. The SMILES string of the molecule is CCOc1cc(C2C(C#N)=C(N)Oc3n[nH]c(C)c32)ccc1OCC(=O)N1CCOCC1. The normalized spacial score (nSPS) is 17.9. The summed E-state index contributed by atoms with van der Waals surface area (Å²) in [5.41, 5.74) is 8.58. The van der Waals surface area contributed by atoms with Gasteiger partial charge in [0.25, 0.3) is 5.91 Å². The van der Waals surface area contributed by atoms with Crippen LogP contribution < -0.4 is 19.9 Å². The Morgan fingerprint density at radius 2 is 2.12 bits per heavy atom. The number of aryl methyl sites for hydroxylation is 1. The van der Waals surface area contributed by atoms with E-state index in [1.807, 2.05) is 19.9 Å². The van der Waals surface area contributed by atoms with Gasteiger partial charge in [0.2, 0.25) is 11.8 Å². The minimum absolute atomic E-state index is 0.0193. The lowest BCUT2D eigenvalue weighted by atomic mass is 9.84. The Kier molecular flexibility index (Phi) is 6.18. The number of nitrogens with zero attached hydrogens (tertiary/aromatic N) is 3. The average Bonchev–Trinajstić information content (AvgIpc) is 3.17. The third-order valence-electron chi connectivity index (χ3n) is 5.45. The van der Waals surface area contributed by atoms with Gasteiger partial charge in [-0.1, -0.05) is 6.07 Å². The highest BCUT2D eigenvalue weighted by molar-refractivity contribution is 5.78. The number of carbonyl (C=O) groups excluding carboxylic acids is 1. The zero-order valence-electron chi connectivity index (χ0n) is 18.0. The van der Waals surface area contributed by atoms with E-state index in [1.54, 1.807) is 17.0 Å². The van der Waals surface area contributed by atoms with Crippen LogP contribution >= 0.6 is 0 Å². The third-order valence-corrected chi connectivity index (χ3v) is 5.45. The Morgan fingerprint density at radius 1 is 1.34 bits per heavy atom. The van der Waals surface area contributed by atoms with Gasteiger partial charge in [0, 0.05) is 24.3 Å². The van der Waals surface area contributed by atoms with Gasteiger partial charge < -0.3 is 29.6 Å². The monoisotopic (exact) mass is 439 g/mol. The summed E-state index contributed by atoms with van der Waals surface area (Å²) < 4.78 is 22.4. The van der Waals surface area contributed by atoms with Crippen molar-refractivity contribution in [3.63, 3.8) is 0 Å². The molecule has 168 valence electrons. The number of aromatic nitrogens is 2. The zero-order valence-corrected chi connectivity index (χ0v) is 18.0. The molecular weight excluding hydrogens is 414 g/mol. The average molecular weight is 439 g/mol. The highest BCUT2D eigenvalue weighted by Gasteiger charge is 2.34. The van der Waals surface area contributed by atoms with E-state index in [1.165, 1.54) is 0 Å². The van der Waals surface area contributed by atoms with Crippen LogP contribution in [-0.2, 0) is 9.53 Å². The first-order chi connectivity index (χ1) is 15.5. The number of aromatic amines is 1. The maximum Gasteiger partial charge on any atom is 0.260 e. The van der Waals surface area contributed by atoms with Crippen LogP contribution in [0.1, 0.15) is 29.7 Å². The van der Waals surface area contributed by atoms with Crippen molar-refractivity contribution in [2.75, 3.05) is 39.5 Å². The molecule has 0 saturated carbocycles. The van der Waals surface area contributed by atoms with E-state index in [0.29, 0.717) is 55.9 Å². The smallest absolute Gasteiger partial charge is 0.260 e. The standard InChI is InChI=1S/C22H25N5O5/c1-3-30-17-10-14(4-5-16(17)31-12-18(28)27-6-8-29-9-7-27)20-15(11-23)21(24)32-22-19(20)13(2)25-26-22/h4-5,10,20H,3,6-9,12,24H2,1-2H3,(H,25,26). The van der Waals surface area contributed by atoms with E-state index in [4.69, 9.17) is 24.7 Å². The van der Waals surface area contributed by atoms with Gasteiger partial charge in [0.1, 0.15) is 11.6 Å². The molecule has 10 heteroatoms. The van der Waals surface area contributed by atoms with Crippen LogP contribution in [0.25, 0.3) is 0 Å². The van der Waals surface area contributed by atoms with Gasteiger partial charge in [0.15, 0.2) is 18.1 Å². The molecule has 1 amide bonds. The molecule has 32 heavy (non-hydrogen) atoms. The predicted molar refractivity (Wildman–Crippen MR) is 113 cm³/mol. The Morgan fingerprint density at radius 3 is 2.84 bits per heavy atom. The van der Waals surface area contributed by atoms with E-state index in [2.05, 4.69) is 16.3 Å². The quantitative estimate of drug-likeness (QED) is 0.692. The summed E-state index contributed by atoms with van der Waals surface area (Å²) in [5, 5.41) is 16.8. The molecule has 10 nitrogen and oxygen atoms in total. The maximum absolute atomic E-state index is 12.4. The second-order valence-electron chi connectivity index (χ2n) is 7.41. The molecule has 1 unspecified atom stereocenters. The highest BCUT2D eigenvalue weighted by Crippen LogP contribution is 2.44. The van der Waals surface area contributed by atoms with Crippen molar-refractivity contribution < 1.29 is 23.7 Å². The molecule has 2 aliphatic heterocycles. The minimum atomic E-state index is -0.467.